The standard InChI is InChI=1S/C8H13N3O.C8H15N3O.C7H13N3O.C7H15NO.C6H13NO.CH4/c1-8-5-9-4-3-6(8)10-11(2)7(8)12;1-6-7(4-5-9-2)10-11(3)8(6)12;1-5-6(3-4-8)9-10(2)7(5)11;1-6(2)7(9)4-5-8-3;1-3-6(8)4-5-7-2;/h9H,3-5H2,1-2H3;9-10H,4-5H2,1-3H3;9H,3-4,8H2,1-2H3;6,8H,4-5H2,1-3H3;7H,3-5H2,1-2H3;1H4. The zero-order valence-electron chi connectivity index (χ0n) is 34.0. The number of nitrogens with one attached hydrogen (secondary N) is 6. The molecule has 0 radical (unpaired) electrons. The number of likely N-dealkylation sites (N-methyl/N-ethyl adjacent to an activating group) is 1. The van der Waals surface area contributed by atoms with Crippen molar-refractivity contribution in [3.8, 4) is 0 Å². The van der Waals surface area contributed by atoms with Crippen molar-refractivity contribution in [3.05, 3.63) is 43.2 Å². The molecular weight excluding hydrogens is 678 g/mol. The number of nitrogens with zero attached hydrogens (tertiary/aromatic N) is 4. The van der Waals surface area contributed by atoms with E-state index in [1.165, 1.54) is 14.4 Å². The molecule has 2 aromatic heterocycles. The van der Waals surface area contributed by atoms with Crippen LogP contribution in [0.1, 0.15) is 83.3 Å². The van der Waals surface area contributed by atoms with Gasteiger partial charge in [0.15, 0.2) is 0 Å². The number of ketones is 2. The smallest absolute Gasteiger partial charge is 0.269 e. The van der Waals surface area contributed by atoms with Gasteiger partial charge in [0.05, 0.1) is 5.71 Å². The number of hydrogen-bond acceptors (Lipinski definition) is 11. The number of hydrogen-bond donors (Lipinski definition) is 7. The molecule has 4 rings (SSSR count). The van der Waals surface area contributed by atoms with Gasteiger partial charge in [-0.05, 0) is 48.5 Å². The third-order valence-corrected chi connectivity index (χ3v) is 8.79. The molecule has 0 saturated carbocycles. The van der Waals surface area contributed by atoms with Gasteiger partial charge in [0.2, 0.25) is 0 Å². The van der Waals surface area contributed by atoms with Gasteiger partial charge in [0.25, 0.3) is 17.0 Å². The Morgan fingerprint density at radius 2 is 1.36 bits per heavy atom. The Kier molecular flexibility index (Phi) is 26.2. The highest BCUT2D eigenvalue weighted by Gasteiger charge is 2.46. The number of nitrogens with two attached hydrogens (primary N) is 1. The molecule has 1 atom stereocenters. The summed E-state index contributed by atoms with van der Waals surface area (Å²) >= 11 is 0. The zero-order chi connectivity index (χ0) is 40.0. The number of carbonyl (C=O) groups is 3. The first kappa shape index (κ1) is 51.4. The average molecular weight is 752 g/mol. The molecule has 0 aliphatic carbocycles. The van der Waals surface area contributed by atoms with Crippen LogP contribution in [0.2, 0.25) is 0 Å². The van der Waals surface area contributed by atoms with Crippen LogP contribution in [0.3, 0.4) is 0 Å². The first-order chi connectivity index (χ1) is 24.5. The number of hydrazone groups is 1. The van der Waals surface area contributed by atoms with Crippen LogP contribution in [-0.4, -0.2) is 115 Å². The first-order valence-corrected chi connectivity index (χ1v) is 18.2. The number of aryl methyl sites for hydroxylation is 2. The highest BCUT2D eigenvalue weighted by molar-refractivity contribution is 6.12. The van der Waals surface area contributed by atoms with E-state index >= 15 is 0 Å². The lowest BCUT2D eigenvalue weighted by Gasteiger charge is -2.28. The average Bonchev–Trinajstić information content (AvgIpc) is 3.62. The molecular formula is C37H73N11O5. The molecule has 53 heavy (non-hydrogen) atoms. The number of amides is 1. The van der Waals surface area contributed by atoms with Crippen LogP contribution in [0.5, 0.6) is 0 Å². The van der Waals surface area contributed by atoms with Crippen molar-refractivity contribution in [2.45, 2.75) is 87.5 Å². The lowest BCUT2D eigenvalue weighted by Crippen LogP contribution is -2.48. The predicted molar refractivity (Wildman–Crippen MR) is 217 cm³/mol. The third-order valence-electron chi connectivity index (χ3n) is 8.79. The van der Waals surface area contributed by atoms with E-state index in [2.05, 4.69) is 36.6 Å². The van der Waals surface area contributed by atoms with E-state index in [4.69, 9.17) is 5.73 Å². The Balaban J connectivity index is 0. The highest BCUT2D eigenvalue weighted by atomic mass is 16.2. The minimum Gasteiger partial charge on any atom is -0.330 e. The summed E-state index contributed by atoms with van der Waals surface area (Å²) in [6.45, 7) is 16.1. The maximum absolute atomic E-state index is 11.6. The maximum atomic E-state index is 11.6. The number of aromatic amines is 2. The van der Waals surface area contributed by atoms with Crippen molar-refractivity contribution in [2.75, 3.05) is 67.5 Å². The van der Waals surface area contributed by atoms with Crippen LogP contribution in [-0.2, 0) is 41.3 Å². The molecule has 1 unspecified atom stereocenters. The summed E-state index contributed by atoms with van der Waals surface area (Å²) < 4.78 is 2.99. The monoisotopic (exact) mass is 752 g/mol. The van der Waals surface area contributed by atoms with E-state index in [9.17, 15) is 24.0 Å². The van der Waals surface area contributed by atoms with Gasteiger partial charge in [-0.15, -0.1) is 0 Å². The number of aromatic nitrogens is 4. The summed E-state index contributed by atoms with van der Waals surface area (Å²) in [5.74, 6) is 0.978. The van der Waals surface area contributed by atoms with E-state index < -0.39 is 0 Å². The summed E-state index contributed by atoms with van der Waals surface area (Å²) in [6.07, 6.45) is 4.51. The molecule has 2 aliphatic rings. The van der Waals surface area contributed by atoms with Gasteiger partial charge >= 0.3 is 0 Å². The van der Waals surface area contributed by atoms with Gasteiger partial charge in [0.1, 0.15) is 17.0 Å². The van der Waals surface area contributed by atoms with E-state index in [0.29, 0.717) is 37.4 Å². The van der Waals surface area contributed by atoms with E-state index in [-0.39, 0.29) is 35.8 Å². The van der Waals surface area contributed by atoms with Gasteiger partial charge in [-0.1, -0.05) is 28.2 Å². The predicted octanol–water partition coefficient (Wildman–Crippen LogP) is 1.15. The number of carbonyl (C=O) groups excluding carboxylic acids is 3. The third kappa shape index (κ3) is 17.3. The normalized spacial score (nSPS) is 15.6. The van der Waals surface area contributed by atoms with Crippen LogP contribution >= 0.6 is 0 Å². The molecule has 306 valence electrons. The number of fused-ring (bicyclic) bond motifs is 1. The van der Waals surface area contributed by atoms with Gasteiger partial charge in [-0.3, -0.25) is 43.5 Å². The van der Waals surface area contributed by atoms with Gasteiger partial charge in [-0.2, -0.15) is 5.10 Å². The first-order valence-electron chi connectivity index (χ1n) is 18.2. The van der Waals surface area contributed by atoms with Crippen molar-refractivity contribution in [3.63, 3.8) is 0 Å². The van der Waals surface area contributed by atoms with Crippen LogP contribution in [0.4, 0.5) is 0 Å². The van der Waals surface area contributed by atoms with Gasteiger partial charge < -0.3 is 27.0 Å². The molecule has 0 bridgehead atoms. The largest absolute Gasteiger partial charge is 0.330 e. The Bertz CT molecular complexity index is 1520. The number of Topliss-reactive ketones (excluding diaryl/α,β-unsaturated/α-hetero) is 2. The molecule has 4 heterocycles. The van der Waals surface area contributed by atoms with Crippen molar-refractivity contribution >= 4 is 23.2 Å². The second-order valence-corrected chi connectivity index (χ2v) is 13.4. The maximum Gasteiger partial charge on any atom is 0.269 e. The number of rotatable bonds is 13. The minimum absolute atomic E-state index is 0. The van der Waals surface area contributed by atoms with Crippen molar-refractivity contribution < 1.29 is 14.4 Å². The summed E-state index contributed by atoms with van der Waals surface area (Å²) in [5, 5.41) is 23.7. The fourth-order valence-electron chi connectivity index (χ4n) is 5.16. The van der Waals surface area contributed by atoms with Crippen LogP contribution in [0.25, 0.3) is 0 Å². The summed E-state index contributed by atoms with van der Waals surface area (Å²) in [6, 6.07) is 0. The van der Waals surface area contributed by atoms with Crippen LogP contribution < -0.4 is 38.1 Å². The van der Waals surface area contributed by atoms with Gasteiger partial charge in [-0.25, -0.2) is 5.01 Å². The van der Waals surface area contributed by atoms with E-state index in [1.807, 2.05) is 62.7 Å². The molecule has 16 heteroatoms. The quantitative estimate of drug-likeness (QED) is 0.155. The fourth-order valence-corrected chi connectivity index (χ4v) is 5.16. The Morgan fingerprint density at radius 1 is 0.868 bits per heavy atom. The zero-order valence-corrected chi connectivity index (χ0v) is 34.0. The molecule has 2 aliphatic heterocycles. The second-order valence-electron chi connectivity index (χ2n) is 13.4. The van der Waals surface area contributed by atoms with Crippen molar-refractivity contribution in [2.24, 2.45) is 36.3 Å². The van der Waals surface area contributed by atoms with Gasteiger partial charge in [0, 0.05) is 121 Å². The molecule has 16 nitrogen and oxygen atoms in total. The van der Waals surface area contributed by atoms with Crippen LogP contribution in [0.15, 0.2) is 14.7 Å². The highest BCUT2D eigenvalue weighted by Crippen LogP contribution is 2.30. The fraction of sp³-hybridized carbons (Fsp3) is 0.730. The number of piperidine rings is 1. The van der Waals surface area contributed by atoms with E-state index in [1.54, 1.807) is 21.1 Å². The van der Waals surface area contributed by atoms with Crippen molar-refractivity contribution in [1.29, 1.82) is 0 Å². The van der Waals surface area contributed by atoms with E-state index in [0.717, 1.165) is 80.2 Å². The summed E-state index contributed by atoms with van der Waals surface area (Å²) in [7, 11) is 10.8. The lowest BCUT2D eigenvalue weighted by molar-refractivity contribution is -0.134. The molecule has 0 spiro atoms. The molecule has 2 aromatic rings. The Hall–Kier alpha value is -3.70. The SMILES string of the molecule is C.CCC(=O)CCNC.CN1N=C2CCNCC2(C)C1=O.CNCCC(=O)C(C)C.CNCCc1[nH]n(C)c(=O)c1C.Cc1c(CCN)[nH]n(C)c1=O. The Labute approximate surface area is 317 Å². The molecule has 1 amide bonds. The molecule has 8 N–H and O–H groups in total. The molecule has 1 fully saturated rings. The minimum atomic E-state index is -0.354. The Morgan fingerprint density at radius 3 is 1.75 bits per heavy atom. The lowest BCUT2D eigenvalue weighted by atomic mass is 9.81. The summed E-state index contributed by atoms with van der Waals surface area (Å²) in [4.78, 5) is 55.4. The van der Waals surface area contributed by atoms with Crippen LogP contribution in [0, 0.1) is 25.2 Å². The topological polar surface area (TPSA) is 217 Å². The second kappa shape index (κ2) is 27.0. The summed E-state index contributed by atoms with van der Waals surface area (Å²) in [5.41, 5.74) is 9.72. The van der Waals surface area contributed by atoms with Crippen molar-refractivity contribution in [1.82, 2.24) is 45.8 Å². The molecule has 1 saturated heterocycles. The number of H-pyrrole nitrogens is 2. The molecule has 0 aromatic carbocycles.